The van der Waals surface area contributed by atoms with E-state index in [9.17, 15) is 4.79 Å². The molecule has 0 saturated heterocycles. The molecule has 0 aliphatic rings. The van der Waals surface area contributed by atoms with Gasteiger partial charge in [-0.3, -0.25) is 4.79 Å². The number of esters is 1. The normalized spacial score (nSPS) is 10.1. The van der Waals surface area contributed by atoms with Gasteiger partial charge in [-0.2, -0.15) is 0 Å². The Morgan fingerprint density at radius 1 is 1.27 bits per heavy atom. The fourth-order valence-corrected chi connectivity index (χ4v) is 1.44. The molecule has 4 heteroatoms. The molecule has 0 atom stereocenters. The Morgan fingerprint density at radius 2 is 1.80 bits per heavy atom. The molecular weight excluding hydrogens is 192 g/mol. The van der Waals surface area contributed by atoms with Crippen LogP contribution in [0.25, 0.3) is 0 Å². The number of nitrogens with zero attached hydrogens (tertiary/aromatic N) is 2. The Labute approximate surface area is 89.7 Å². The van der Waals surface area contributed by atoms with Crippen molar-refractivity contribution in [3.05, 3.63) is 22.8 Å². The van der Waals surface area contributed by atoms with Crippen molar-refractivity contribution in [3.63, 3.8) is 0 Å². The van der Waals surface area contributed by atoms with Crippen LogP contribution in [-0.2, 0) is 22.4 Å². The highest BCUT2D eigenvalue weighted by atomic mass is 16.5. The van der Waals surface area contributed by atoms with Gasteiger partial charge >= 0.3 is 5.97 Å². The predicted molar refractivity (Wildman–Crippen MR) is 56.6 cm³/mol. The summed E-state index contributed by atoms with van der Waals surface area (Å²) in [4.78, 5) is 19.8. The van der Waals surface area contributed by atoms with E-state index < -0.39 is 0 Å². The third-order valence-electron chi connectivity index (χ3n) is 2.33. The molecule has 15 heavy (non-hydrogen) atoms. The second-order valence-electron chi connectivity index (χ2n) is 3.40. The van der Waals surface area contributed by atoms with E-state index >= 15 is 0 Å². The molecule has 0 aliphatic carbocycles. The fourth-order valence-electron chi connectivity index (χ4n) is 1.44. The molecule has 0 aromatic carbocycles. The number of hydrogen-bond acceptors (Lipinski definition) is 4. The first-order valence-electron chi connectivity index (χ1n) is 4.98. The van der Waals surface area contributed by atoms with Crippen molar-refractivity contribution in [1.82, 2.24) is 9.97 Å². The molecule has 0 radical (unpaired) electrons. The average molecular weight is 208 g/mol. The van der Waals surface area contributed by atoms with Gasteiger partial charge in [0.1, 0.15) is 5.82 Å². The minimum Gasteiger partial charge on any atom is -0.469 e. The van der Waals surface area contributed by atoms with Crippen LogP contribution in [0.5, 0.6) is 0 Å². The zero-order chi connectivity index (χ0) is 11.4. The summed E-state index contributed by atoms with van der Waals surface area (Å²) in [5, 5.41) is 0. The number of ether oxygens (including phenoxy) is 1. The number of aryl methyl sites for hydroxylation is 3. The highest BCUT2D eigenvalue weighted by molar-refractivity contribution is 5.73. The van der Waals surface area contributed by atoms with Crippen LogP contribution in [0.1, 0.15) is 29.7 Å². The second-order valence-corrected chi connectivity index (χ2v) is 3.40. The molecule has 0 fully saturated rings. The standard InChI is InChI=1S/C11H16N2O2/c1-5-10-12-7(2)9(8(3)13-10)6-11(14)15-4/h5-6H2,1-4H3. The van der Waals surface area contributed by atoms with Crippen LogP contribution in [0.2, 0.25) is 0 Å². The molecule has 0 bridgehead atoms. The second kappa shape index (κ2) is 4.87. The summed E-state index contributed by atoms with van der Waals surface area (Å²) in [5.74, 6) is 0.563. The van der Waals surface area contributed by atoms with Crippen LogP contribution in [0.15, 0.2) is 0 Å². The first kappa shape index (κ1) is 11.6. The van der Waals surface area contributed by atoms with Crippen molar-refractivity contribution in [3.8, 4) is 0 Å². The number of carbonyl (C=O) groups excluding carboxylic acids is 1. The minimum absolute atomic E-state index is 0.248. The first-order valence-corrected chi connectivity index (χ1v) is 4.98. The largest absolute Gasteiger partial charge is 0.469 e. The van der Waals surface area contributed by atoms with Gasteiger partial charge < -0.3 is 4.74 Å². The van der Waals surface area contributed by atoms with Gasteiger partial charge in [-0.15, -0.1) is 0 Å². The molecule has 0 amide bonds. The van der Waals surface area contributed by atoms with E-state index in [0.717, 1.165) is 29.2 Å². The molecule has 1 aromatic heterocycles. The summed E-state index contributed by atoms with van der Waals surface area (Å²) < 4.78 is 4.63. The monoisotopic (exact) mass is 208 g/mol. The predicted octanol–water partition coefficient (Wildman–Crippen LogP) is 1.37. The van der Waals surface area contributed by atoms with Gasteiger partial charge in [-0.05, 0) is 13.8 Å². The van der Waals surface area contributed by atoms with Crippen LogP contribution in [0.4, 0.5) is 0 Å². The maximum Gasteiger partial charge on any atom is 0.310 e. The summed E-state index contributed by atoms with van der Waals surface area (Å²) in [7, 11) is 1.38. The lowest BCUT2D eigenvalue weighted by Crippen LogP contribution is -2.11. The van der Waals surface area contributed by atoms with Crippen LogP contribution in [0, 0.1) is 13.8 Å². The van der Waals surface area contributed by atoms with E-state index in [1.807, 2.05) is 20.8 Å². The van der Waals surface area contributed by atoms with E-state index in [2.05, 4.69) is 14.7 Å². The third-order valence-corrected chi connectivity index (χ3v) is 2.33. The molecule has 0 unspecified atom stereocenters. The molecule has 0 spiro atoms. The quantitative estimate of drug-likeness (QED) is 0.704. The van der Waals surface area contributed by atoms with E-state index in [4.69, 9.17) is 0 Å². The maximum atomic E-state index is 11.2. The van der Waals surface area contributed by atoms with Crippen molar-refractivity contribution >= 4 is 5.97 Å². The first-order chi connectivity index (χ1) is 7.08. The average Bonchev–Trinajstić information content (AvgIpc) is 2.22. The molecule has 0 saturated carbocycles. The van der Waals surface area contributed by atoms with Gasteiger partial charge in [-0.1, -0.05) is 6.92 Å². The zero-order valence-electron chi connectivity index (χ0n) is 9.63. The van der Waals surface area contributed by atoms with Crippen molar-refractivity contribution in [1.29, 1.82) is 0 Å². The topological polar surface area (TPSA) is 52.1 Å². The Kier molecular flexibility index (Phi) is 3.77. The molecule has 0 aliphatic heterocycles. The van der Waals surface area contributed by atoms with Crippen molar-refractivity contribution < 1.29 is 9.53 Å². The molecular formula is C11H16N2O2. The van der Waals surface area contributed by atoms with Crippen LogP contribution >= 0.6 is 0 Å². The van der Waals surface area contributed by atoms with Crippen molar-refractivity contribution in [2.75, 3.05) is 7.11 Å². The molecule has 0 N–H and O–H groups in total. The van der Waals surface area contributed by atoms with Crippen LogP contribution in [-0.4, -0.2) is 23.0 Å². The number of rotatable bonds is 3. The summed E-state index contributed by atoms with van der Waals surface area (Å²) >= 11 is 0. The summed E-state index contributed by atoms with van der Waals surface area (Å²) in [5.41, 5.74) is 2.61. The van der Waals surface area contributed by atoms with Gasteiger partial charge in [0.15, 0.2) is 0 Å². The Hall–Kier alpha value is -1.45. The molecule has 82 valence electrons. The van der Waals surface area contributed by atoms with Gasteiger partial charge in [-0.25, -0.2) is 9.97 Å². The zero-order valence-corrected chi connectivity index (χ0v) is 9.63. The lowest BCUT2D eigenvalue weighted by atomic mass is 10.1. The van der Waals surface area contributed by atoms with Crippen molar-refractivity contribution in [2.45, 2.75) is 33.6 Å². The summed E-state index contributed by atoms with van der Waals surface area (Å²) in [6.07, 6.45) is 1.05. The highest BCUT2D eigenvalue weighted by Crippen LogP contribution is 2.11. The van der Waals surface area contributed by atoms with Gasteiger partial charge in [0.2, 0.25) is 0 Å². The summed E-state index contributed by atoms with van der Waals surface area (Å²) in [6, 6.07) is 0. The lowest BCUT2D eigenvalue weighted by molar-refractivity contribution is -0.139. The van der Waals surface area contributed by atoms with Crippen LogP contribution < -0.4 is 0 Å². The minimum atomic E-state index is -0.256. The maximum absolute atomic E-state index is 11.2. The van der Waals surface area contributed by atoms with Crippen molar-refractivity contribution in [2.24, 2.45) is 0 Å². The Balaban J connectivity index is 3.03. The van der Waals surface area contributed by atoms with Gasteiger partial charge in [0, 0.05) is 23.4 Å². The SMILES string of the molecule is CCc1nc(C)c(CC(=O)OC)c(C)n1. The van der Waals surface area contributed by atoms with E-state index in [1.54, 1.807) is 0 Å². The van der Waals surface area contributed by atoms with E-state index in [-0.39, 0.29) is 12.4 Å². The third kappa shape index (κ3) is 2.75. The Bertz CT molecular complexity index is 352. The highest BCUT2D eigenvalue weighted by Gasteiger charge is 2.11. The number of methoxy groups -OCH3 is 1. The lowest BCUT2D eigenvalue weighted by Gasteiger charge is -2.08. The molecule has 4 nitrogen and oxygen atoms in total. The molecule has 1 rings (SSSR count). The van der Waals surface area contributed by atoms with Gasteiger partial charge in [0.25, 0.3) is 0 Å². The molecule has 1 heterocycles. The molecule has 1 aromatic rings. The Morgan fingerprint density at radius 3 is 2.20 bits per heavy atom. The smallest absolute Gasteiger partial charge is 0.310 e. The number of carbonyl (C=O) groups is 1. The van der Waals surface area contributed by atoms with E-state index in [0.29, 0.717) is 0 Å². The fraction of sp³-hybridized carbons (Fsp3) is 0.545. The van der Waals surface area contributed by atoms with E-state index in [1.165, 1.54) is 7.11 Å². The number of hydrogen-bond donors (Lipinski definition) is 0. The number of aromatic nitrogens is 2. The van der Waals surface area contributed by atoms with Crippen LogP contribution in [0.3, 0.4) is 0 Å². The summed E-state index contributed by atoms with van der Waals surface area (Å²) in [6.45, 7) is 5.80. The van der Waals surface area contributed by atoms with Gasteiger partial charge in [0.05, 0.1) is 13.5 Å².